The monoisotopic (exact) mass is 421 g/mol. The summed E-state index contributed by atoms with van der Waals surface area (Å²) in [5.74, 6) is -0.271. The first kappa shape index (κ1) is 21.0. The first-order valence-corrected chi connectivity index (χ1v) is 10.5. The highest BCUT2D eigenvalue weighted by atomic mass is 16.3. The number of rotatable bonds is 5. The zero-order chi connectivity index (χ0) is 22.0. The van der Waals surface area contributed by atoms with Crippen molar-refractivity contribution < 1.29 is 14.7 Å². The number of benzene rings is 1. The molecule has 1 aromatic carbocycles. The fraction of sp³-hybridized carbons (Fsp3) is 0.391. The number of aromatic nitrogens is 3. The fourth-order valence-electron chi connectivity index (χ4n) is 3.78. The van der Waals surface area contributed by atoms with Gasteiger partial charge in [-0.1, -0.05) is 19.9 Å². The summed E-state index contributed by atoms with van der Waals surface area (Å²) in [6.45, 7) is 4.93. The van der Waals surface area contributed by atoms with Crippen LogP contribution in [-0.2, 0) is 11.3 Å². The molecule has 4 rings (SSSR count). The van der Waals surface area contributed by atoms with Crippen LogP contribution in [0.1, 0.15) is 37.2 Å². The van der Waals surface area contributed by atoms with Crippen LogP contribution in [0.3, 0.4) is 0 Å². The first-order chi connectivity index (χ1) is 14.8. The summed E-state index contributed by atoms with van der Waals surface area (Å²) in [4.78, 5) is 30.5. The molecule has 0 saturated carbocycles. The van der Waals surface area contributed by atoms with E-state index in [9.17, 15) is 14.7 Å². The van der Waals surface area contributed by atoms with Crippen LogP contribution in [0, 0.1) is 5.92 Å². The molecule has 0 atom stereocenters. The van der Waals surface area contributed by atoms with Crippen LogP contribution in [0.2, 0.25) is 0 Å². The number of carbonyl (C=O) groups is 2. The van der Waals surface area contributed by atoms with Crippen LogP contribution in [0.4, 0.5) is 5.69 Å². The highest BCUT2D eigenvalue weighted by Gasteiger charge is 2.35. The predicted molar refractivity (Wildman–Crippen MR) is 118 cm³/mol. The van der Waals surface area contributed by atoms with Gasteiger partial charge in [0.15, 0.2) is 0 Å². The molecule has 31 heavy (non-hydrogen) atoms. The van der Waals surface area contributed by atoms with E-state index in [4.69, 9.17) is 0 Å². The van der Waals surface area contributed by atoms with Gasteiger partial charge in [0.25, 0.3) is 5.91 Å². The second kappa shape index (κ2) is 8.47. The van der Waals surface area contributed by atoms with Crippen molar-refractivity contribution in [1.82, 2.24) is 19.7 Å². The quantitative estimate of drug-likeness (QED) is 0.660. The van der Waals surface area contributed by atoms with Crippen molar-refractivity contribution in [3.8, 4) is 0 Å². The van der Waals surface area contributed by atoms with E-state index in [1.807, 2.05) is 32.0 Å². The average Bonchev–Trinajstić information content (AvgIpc) is 3.16. The van der Waals surface area contributed by atoms with Crippen molar-refractivity contribution in [1.29, 1.82) is 0 Å². The minimum Gasteiger partial charge on any atom is -0.388 e. The number of amides is 2. The molecule has 0 unspecified atom stereocenters. The molecule has 8 heteroatoms. The van der Waals surface area contributed by atoms with Crippen molar-refractivity contribution in [3.05, 3.63) is 54.5 Å². The Kier molecular flexibility index (Phi) is 5.73. The number of pyridine rings is 1. The minimum absolute atomic E-state index is 0.0472. The lowest BCUT2D eigenvalue weighted by molar-refractivity contribution is -0.118. The summed E-state index contributed by atoms with van der Waals surface area (Å²) in [7, 11) is 0. The molecule has 2 amide bonds. The van der Waals surface area contributed by atoms with Crippen LogP contribution in [0.15, 0.2) is 48.8 Å². The van der Waals surface area contributed by atoms with Crippen LogP contribution in [0.5, 0.6) is 0 Å². The van der Waals surface area contributed by atoms with Crippen molar-refractivity contribution in [2.24, 2.45) is 5.92 Å². The second-order valence-corrected chi connectivity index (χ2v) is 8.45. The Hall–Kier alpha value is -3.26. The van der Waals surface area contributed by atoms with Gasteiger partial charge in [-0.25, -0.2) is 0 Å². The zero-order valence-corrected chi connectivity index (χ0v) is 17.8. The summed E-state index contributed by atoms with van der Waals surface area (Å²) in [6, 6.07) is 10.9. The average molecular weight is 422 g/mol. The largest absolute Gasteiger partial charge is 0.388 e. The maximum atomic E-state index is 12.6. The number of hydrogen-bond acceptors (Lipinski definition) is 5. The third-order valence-corrected chi connectivity index (χ3v) is 5.75. The summed E-state index contributed by atoms with van der Waals surface area (Å²) in [5.41, 5.74) is 1.01. The molecule has 0 bridgehead atoms. The van der Waals surface area contributed by atoms with Crippen molar-refractivity contribution in [2.75, 3.05) is 18.4 Å². The lowest BCUT2D eigenvalue weighted by Crippen LogP contribution is -2.48. The number of nitrogens with one attached hydrogen (secondary N) is 1. The normalized spacial score (nSPS) is 15.9. The molecule has 8 nitrogen and oxygen atoms in total. The standard InChI is InChI=1S/C23H27N5O3/c1-16(2)21(29)26-18-7-6-17-14-25-28(20(17)13-18)15-23(31)8-11-27(12-9-23)22(30)19-5-3-4-10-24-19/h3-7,10,13-14,16,31H,8-9,11-12,15H2,1-2H3,(H,26,29). The Morgan fingerprint density at radius 1 is 1.19 bits per heavy atom. The Morgan fingerprint density at radius 2 is 1.97 bits per heavy atom. The van der Waals surface area contributed by atoms with Crippen LogP contribution in [-0.4, -0.2) is 55.3 Å². The van der Waals surface area contributed by atoms with Gasteiger partial charge in [0.05, 0.1) is 23.9 Å². The fourth-order valence-corrected chi connectivity index (χ4v) is 3.78. The smallest absolute Gasteiger partial charge is 0.272 e. The number of likely N-dealkylation sites (tertiary alicyclic amines) is 1. The number of hydrogen-bond donors (Lipinski definition) is 2. The second-order valence-electron chi connectivity index (χ2n) is 8.45. The Bertz CT molecular complexity index is 1090. The Labute approximate surface area is 180 Å². The van der Waals surface area contributed by atoms with Gasteiger partial charge in [0.2, 0.25) is 5.91 Å². The van der Waals surface area contributed by atoms with Gasteiger partial charge in [0, 0.05) is 36.3 Å². The van der Waals surface area contributed by atoms with E-state index in [0.29, 0.717) is 43.9 Å². The van der Waals surface area contributed by atoms with E-state index in [2.05, 4.69) is 15.4 Å². The lowest BCUT2D eigenvalue weighted by atomic mass is 9.91. The number of aliphatic hydroxyl groups is 1. The molecule has 3 aromatic rings. The lowest BCUT2D eigenvalue weighted by Gasteiger charge is -2.38. The molecule has 2 N–H and O–H groups in total. The Balaban J connectivity index is 1.45. The SMILES string of the molecule is CC(C)C(=O)Nc1ccc2cnn(CC3(O)CCN(C(=O)c4ccccn4)CC3)c2c1. The third kappa shape index (κ3) is 4.59. The minimum atomic E-state index is -0.961. The van der Waals surface area contributed by atoms with E-state index in [1.54, 1.807) is 40.2 Å². The maximum absolute atomic E-state index is 12.6. The topological polar surface area (TPSA) is 100 Å². The Morgan fingerprint density at radius 3 is 2.65 bits per heavy atom. The van der Waals surface area contributed by atoms with Crippen LogP contribution >= 0.6 is 0 Å². The summed E-state index contributed by atoms with van der Waals surface area (Å²) < 4.78 is 1.77. The maximum Gasteiger partial charge on any atom is 0.272 e. The van der Waals surface area contributed by atoms with E-state index < -0.39 is 5.60 Å². The molecule has 162 valence electrons. The first-order valence-electron chi connectivity index (χ1n) is 10.5. The van der Waals surface area contributed by atoms with Gasteiger partial charge >= 0.3 is 0 Å². The molecular weight excluding hydrogens is 394 g/mol. The molecule has 0 aliphatic carbocycles. The van der Waals surface area contributed by atoms with E-state index in [1.165, 1.54) is 0 Å². The van der Waals surface area contributed by atoms with Gasteiger partial charge in [-0.05, 0) is 43.2 Å². The molecule has 1 aliphatic heterocycles. The molecule has 1 aliphatic rings. The van der Waals surface area contributed by atoms with Gasteiger partial charge in [-0.2, -0.15) is 5.10 Å². The van der Waals surface area contributed by atoms with Crippen LogP contribution < -0.4 is 5.32 Å². The van der Waals surface area contributed by atoms with Crippen molar-refractivity contribution >= 4 is 28.4 Å². The predicted octanol–water partition coefficient (Wildman–Crippen LogP) is 2.69. The van der Waals surface area contributed by atoms with Gasteiger partial charge in [0.1, 0.15) is 5.69 Å². The molecular formula is C23H27N5O3. The number of piperidine rings is 1. The number of fused-ring (bicyclic) bond motifs is 1. The molecule has 1 fully saturated rings. The molecule has 1 saturated heterocycles. The van der Waals surface area contributed by atoms with Crippen LogP contribution in [0.25, 0.3) is 10.9 Å². The van der Waals surface area contributed by atoms with Crippen molar-refractivity contribution in [2.45, 2.75) is 38.8 Å². The molecule has 2 aromatic heterocycles. The summed E-state index contributed by atoms with van der Waals surface area (Å²) >= 11 is 0. The third-order valence-electron chi connectivity index (χ3n) is 5.75. The highest BCUT2D eigenvalue weighted by molar-refractivity contribution is 5.94. The van der Waals surface area contributed by atoms with Gasteiger partial charge < -0.3 is 15.3 Å². The molecule has 0 spiro atoms. The van der Waals surface area contributed by atoms with E-state index in [0.717, 1.165) is 10.9 Å². The number of anilines is 1. The van der Waals surface area contributed by atoms with Gasteiger partial charge in [-0.3, -0.25) is 19.3 Å². The molecule has 0 radical (unpaired) electrons. The van der Waals surface area contributed by atoms with Gasteiger partial charge in [-0.15, -0.1) is 0 Å². The summed E-state index contributed by atoms with van der Waals surface area (Å²) in [5, 5.41) is 19.5. The van der Waals surface area contributed by atoms with Crippen molar-refractivity contribution in [3.63, 3.8) is 0 Å². The zero-order valence-electron chi connectivity index (χ0n) is 17.8. The number of carbonyl (C=O) groups excluding carboxylic acids is 2. The van der Waals surface area contributed by atoms with E-state index in [-0.39, 0.29) is 17.7 Å². The van der Waals surface area contributed by atoms with E-state index >= 15 is 0 Å². The molecule has 3 heterocycles. The number of nitrogens with zero attached hydrogens (tertiary/aromatic N) is 4. The summed E-state index contributed by atoms with van der Waals surface area (Å²) in [6.07, 6.45) is 4.27. The highest BCUT2D eigenvalue weighted by Crippen LogP contribution is 2.27.